The molecule has 1 aromatic carbocycles. The van der Waals surface area contributed by atoms with Crippen molar-refractivity contribution in [1.82, 2.24) is 0 Å². The predicted octanol–water partition coefficient (Wildman–Crippen LogP) is 2.77. The fourth-order valence-electron chi connectivity index (χ4n) is 3.72. The van der Waals surface area contributed by atoms with Crippen molar-refractivity contribution in [2.45, 2.75) is 44.5 Å². The van der Waals surface area contributed by atoms with Gasteiger partial charge in [-0.1, -0.05) is 30.3 Å². The van der Waals surface area contributed by atoms with E-state index in [0.717, 1.165) is 19.4 Å². The minimum atomic E-state index is 0.283. The second kappa shape index (κ2) is 6.70. The predicted molar refractivity (Wildman–Crippen MR) is 77.3 cm³/mol. The summed E-state index contributed by atoms with van der Waals surface area (Å²) in [5.41, 5.74) is 1.23. The Morgan fingerprint density at radius 1 is 1.10 bits per heavy atom. The summed E-state index contributed by atoms with van der Waals surface area (Å²) in [5.74, 6) is 1.10. The molecule has 2 aliphatic heterocycles. The van der Waals surface area contributed by atoms with Gasteiger partial charge in [0.2, 0.25) is 0 Å². The van der Waals surface area contributed by atoms with Gasteiger partial charge in [0.05, 0.1) is 25.4 Å². The normalized spacial score (nSPS) is 31.9. The molecule has 1 N–H and O–H groups in total. The van der Waals surface area contributed by atoms with Crippen LogP contribution < -0.4 is 0 Å². The summed E-state index contributed by atoms with van der Waals surface area (Å²) in [5, 5.41) is 9.04. The Morgan fingerprint density at radius 3 is 2.60 bits per heavy atom. The van der Waals surface area contributed by atoms with Gasteiger partial charge in [-0.15, -0.1) is 0 Å². The third-order valence-electron chi connectivity index (χ3n) is 4.71. The average molecular weight is 276 g/mol. The van der Waals surface area contributed by atoms with Crippen LogP contribution in [0.2, 0.25) is 0 Å². The molecule has 4 atom stereocenters. The Kier molecular flexibility index (Phi) is 4.71. The van der Waals surface area contributed by atoms with E-state index < -0.39 is 0 Å². The minimum Gasteiger partial charge on any atom is -0.396 e. The highest BCUT2D eigenvalue weighted by Gasteiger charge is 2.48. The highest BCUT2D eigenvalue weighted by molar-refractivity contribution is 5.13. The number of aliphatic hydroxyl groups is 1. The number of hydrogen-bond acceptors (Lipinski definition) is 3. The molecule has 3 rings (SSSR count). The molecule has 0 unspecified atom stereocenters. The maximum Gasteiger partial charge on any atom is 0.0717 e. The lowest BCUT2D eigenvalue weighted by Gasteiger charge is -2.27. The molecule has 2 bridgehead atoms. The molecular formula is C17H24O3. The van der Waals surface area contributed by atoms with Gasteiger partial charge in [0.25, 0.3) is 0 Å². The van der Waals surface area contributed by atoms with E-state index in [9.17, 15) is 0 Å². The van der Waals surface area contributed by atoms with Crippen LogP contribution in [0, 0.1) is 11.8 Å². The number of hydrogen-bond donors (Lipinski definition) is 1. The van der Waals surface area contributed by atoms with Crippen LogP contribution in [0.25, 0.3) is 0 Å². The zero-order valence-electron chi connectivity index (χ0n) is 11.9. The summed E-state index contributed by atoms with van der Waals surface area (Å²) in [4.78, 5) is 0. The average Bonchev–Trinajstić information content (AvgIpc) is 3.08. The van der Waals surface area contributed by atoms with E-state index in [-0.39, 0.29) is 6.61 Å². The first-order chi connectivity index (χ1) is 9.88. The van der Waals surface area contributed by atoms with E-state index in [1.54, 1.807) is 0 Å². The van der Waals surface area contributed by atoms with Crippen LogP contribution in [0.3, 0.4) is 0 Å². The Morgan fingerprint density at radius 2 is 1.85 bits per heavy atom. The molecule has 2 heterocycles. The van der Waals surface area contributed by atoms with Crippen LogP contribution in [0.5, 0.6) is 0 Å². The van der Waals surface area contributed by atoms with Crippen molar-refractivity contribution >= 4 is 0 Å². The Hall–Kier alpha value is -0.900. The van der Waals surface area contributed by atoms with Crippen molar-refractivity contribution in [2.24, 2.45) is 11.8 Å². The van der Waals surface area contributed by atoms with Crippen LogP contribution in [-0.2, 0) is 16.1 Å². The van der Waals surface area contributed by atoms with Crippen LogP contribution in [-0.4, -0.2) is 30.5 Å². The fraction of sp³-hybridized carbons (Fsp3) is 0.647. The van der Waals surface area contributed by atoms with Gasteiger partial charge >= 0.3 is 0 Å². The molecule has 3 nitrogen and oxygen atoms in total. The van der Waals surface area contributed by atoms with Crippen LogP contribution in [0.1, 0.15) is 31.2 Å². The van der Waals surface area contributed by atoms with E-state index in [2.05, 4.69) is 12.1 Å². The highest BCUT2D eigenvalue weighted by Crippen LogP contribution is 2.45. The smallest absolute Gasteiger partial charge is 0.0717 e. The van der Waals surface area contributed by atoms with E-state index >= 15 is 0 Å². The molecule has 2 saturated heterocycles. The number of ether oxygens (including phenoxy) is 2. The third kappa shape index (κ3) is 3.05. The molecule has 0 saturated carbocycles. The van der Waals surface area contributed by atoms with Crippen LogP contribution in [0.15, 0.2) is 30.3 Å². The molecule has 110 valence electrons. The molecule has 2 fully saturated rings. The molecular weight excluding hydrogens is 252 g/mol. The van der Waals surface area contributed by atoms with Crippen molar-refractivity contribution in [1.29, 1.82) is 0 Å². The zero-order chi connectivity index (χ0) is 13.8. The van der Waals surface area contributed by atoms with Gasteiger partial charge in [0.1, 0.15) is 0 Å². The fourth-order valence-corrected chi connectivity index (χ4v) is 3.72. The van der Waals surface area contributed by atoms with Crippen LogP contribution >= 0.6 is 0 Å². The lowest BCUT2D eigenvalue weighted by atomic mass is 9.77. The molecule has 20 heavy (non-hydrogen) atoms. The van der Waals surface area contributed by atoms with Crippen molar-refractivity contribution < 1.29 is 14.6 Å². The van der Waals surface area contributed by atoms with Gasteiger partial charge in [-0.25, -0.2) is 0 Å². The summed E-state index contributed by atoms with van der Waals surface area (Å²) in [6.45, 7) is 1.75. The van der Waals surface area contributed by atoms with E-state index in [1.165, 1.54) is 18.4 Å². The van der Waals surface area contributed by atoms with Gasteiger partial charge < -0.3 is 14.6 Å². The molecule has 0 amide bonds. The monoisotopic (exact) mass is 276 g/mol. The Bertz CT molecular complexity index is 406. The van der Waals surface area contributed by atoms with E-state index in [1.807, 2.05) is 18.2 Å². The van der Waals surface area contributed by atoms with E-state index in [4.69, 9.17) is 14.6 Å². The van der Waals surface area contributed by atoms with E-state index in [0.29, 0.717) is 30.7 Å². The zero-order valence-corrected chi connectivity index (χ0v) is 11.9. The van der Waals surface area contributed by atoms with Gasteiger partial charge in [0.15, 0.2) is 0 Å². The maximum atomic E-state index is 9.04. The maximum absolute atomic E-state index is 9.04. The Balaban J connectivity index is 1.50. The van der Waals surface area contributed by atoms with Gasteiger partial charge in [-0.05, 0) is 37.2 Å². The molecule has 0 spiro atoms. The molecule has 3 heteroatoms. The summed E-state index contributed by atoms with van der Waals surface area (Å²) in [7, 11) is 0. The number of aliphatic hydroxyl groups excluding tert-OH is 1. The number of rotatable bonds is 7. The lowest BCUT2D eigenvalue weighted by molar-refractivity contribution is 0.0410. The standard InChI is InChI=1S/C17H24O3/c18-10-4-7-14-15(17-9-8-16(14)20-17)12-19-11-13-5-2-1-3-6-13/h1-3,5-6,14-18H,4,7-12H2/t14-,15+,16-,17+/m0/s1. The molecule has 0 aliphatic carbocycles. The van der Waals surface area contributed by atoms with Gasteiger partial charge in [-0.3, -0.25) is 0 Å². The Labute approximate surface area is 120 Å². The molecule has 1 aromatic rings. The quantitative estimate of drug-likeness (QED) is 0.832. The molecule has 0 radical (unpaired) electrons. The number of fused-ring (bicyclic) bond motifs is 2. The lowest BCUT2D eigenvalue weighted by Crippen LogP contribution is -2.31. The van der Waals surface area contributed by atoms with Gasteiger partial charge in [0, 0.05) is 12.5 Å². The van der Waals surface area contributed by atoms with Crippen molar-refractivity contribution in [3.8, 4) is 0 Å². The molecule has 2 aliphatic rings. The second-order valence-electron chi connectivity index (χ2n) is 5.98. The topological polar surface area (TPSA) is 38.7 Å². The van der Waals surface area contributed by atoms with Crippen molar-refractivity contribution in [2.75, 3.05) is 13.2 Å². The first kappa shape index (κ1) is 14.1. The first-order valence-electron chi connectivity index (χ1n) is 7.76. The summed E-state index contributed by atoms with van der Waals surface area (Å²) in [6, 6.07) is 10.3. The summed E-state index contributed by atoms with van der Waals surface area (Å²) < 4.78 is 12.0. The van der Waals surface area contributed by atoms with Gasteiger partial charge in [-0.2, -0.15) is 0 Å². The summed E-state index contributed by atoms with van der Waals surface area (Å²) in [6.07, 6.45) is 5.12. The van der Waals surface area contributed by atoms with Crippen molar-refractivity contribution in [3.05, 3.63) is 35.9 Å². The van der Waals surface area contributed by atoms with Crippen molar-refractivity contribution in [3.63, 3.8) is 0 Å². The largest absolute Gasteiger partial charge is 0.396 e. The second-order valence-corrected chi connectivity index (χ2v) is 5.98. The SMILES string of the molecule is OCCC[C@H]1[C@@H](COCc2ccccc2)[C@H]2CC[C@@H]1O2. The molecule has 0 aromatic heterocycles. The summed E-state index contributed by atoms with van der Waals surface area (Å²) >= 11 is 0. The highest BCUT2D eigenvalue weighted by atomic mass is 16.5. The van der Waals surface area contributed by atoms with Crippen LogP contribution in [0.4, 0.5) is 0 Å². The number of benzene rings is 1. The third-order valence-corrected chi connectivity index (χ3v) is 4.71. The first-order valence-corrected chi connectivity index (χ1v) is 7.76. The minimum absolute atomic E-state index is 0.283.